The molecular weight excluding hydrogens is 340 g/mol. The third-order valence-corrected chi connectivity index (χ3v) is 5.10. The predicted octanol–water partition coefficient (Wildman–Crippen LogP) is 6.42. The second-order valence-electron chi connectivity index (χ2n) is 6.90. The second kappa shape index (κ2) is 7.16. The molecule has 0 amide bonds. The van der Waals surface area contributed by atoms with Crippen LogP contribution in [0.4, 0.5) is 0 Å². The van der Waals surface area contributed by atoms with Gasteiger partial charge in [0.25, 0.3) is 0 Å². The van der Waals surface area contributed by atoms with E-state index in [0.717, 1.165) is 12.1 Å². The Hall–Kier alpha value is -3.65. The van der Waals surface area contributed by atoms with Crippen LogP contribution >= 0.6 is 0 Å². The van der Waals surface area contributed by atoms with E-state index < -0.39 is 0 Å². The first-order valence-corrected chi connectivity index (χ1v) is 9.54. The third kappa shape index (κ3) is 2.89. The van der Waals surface area contributed by atoms with Crippen LogP contribution < -0.4 is 0 Å². The molecule has 28 heavy (non-hydrogen) atoms. The first-order valence-electron chi connectivity index (χ1n) is 9.54. The number of nitrogens with zero attached hydrogens (tertiary/aromatic N) is 2. The van der Waals surface area contributed by atoms with Gasteiger partial charge in [-0.05, 0) is 23.3 Å². The summed E-state index contributed by atoms with van der Waals surface area (Å²) in [7, 11) is 0. The van der Waals surface area contributed by atoms with E-state index in [1.807, 2.05) is 12.3 Å². The van der Waals surface area contributed by atoms with Crippen molar-refractivity contribution in [3.05, 3.63) is 115 Å². The molecule has 3 aromatic carbocycles. The van der Waals surface area contributed by atoms with Gasteiger partial charge in [0.15, 0.2) is 0 Å². The van der Waals surface area contributed by atoms with Crippen molar-refractivity contribution in [1.29, 1.82) is 0 Å². The fraction of sp³-hybridized carbons (Fsp3) is 0.0385. The smallest absolute Gasteiger partial charge is 0.0966 e. The lowest BCUT2D eigenvalue weighted by molar-refractivity contribution is 0.825. The maximum absolute atomic E-state index is 4.79. The zero-order valence-corrected chi connectivity index (χ0v) is 15.5. The van der Waals surface area contributed by atoms with Crippen LogP contribution in [0, 0.1) is 0 Å². The average molecular weight is 360 g/mol. The molecule has 5 aromatic rings. The molecule has 5 rings (SSSR count). The summed E-state index contributed by atoms with van der Waals surface area (Å²) in [6, 6.07) is 36.0. The van der Waals surface area contributed by atoms with E-state index in [9.17, 15) is 0 Å². The van der Waals surface area contributed by atoms with Gasteiger partial charge in [-0.2, -0.15) is 0 Å². The van der Waals surface area contributed by atoms with Crippen molar-refractivity contribution in [2.45, 2.75) is 6.54 Å². The quantitative estimate of drug-likeness (QED) is 0.362. The van der Waals surface area contributed by atoms with Gasteiger partial charge in [-0.3, -0.25) is 4.98 Å². The van der Waals surface area contributed by atoms with Gasteiger partial charge in [-0.1, -0.05) is 91.0 Å². The summed E-state index contributed by atoms with van der Waals surface area (Å²) in [5.41, 5.74) is 7.09. The molecule has 0 saturated carbocycles. The summed E-state index contributed by atoms with van der Waals surface area (Å²) < 4.78 is 2.41. The highest BCUT2D eigenvalue weighted by Crippen LogP contribution is 2.38. The van der Waals surface area contributed by atoms with Crippen LogP contribution in [0.5, 0.6) is 0 Å². The zero-order valence-electron chi connectivity index (χ0n) is 15.5. The standard InChI is InChI=1S/C26H20N2/c1-4-11-20(12-5-1)19-28-25(21-13-6-2-7-14-21)23-17-10-18-27-24(23)26(28)22-15-8-3-9-16-22/h1-18H,19H2. The SMILES string of the molecule is c1ccc(Cn2c(-c3ccccc3)c3cccnc3c2-c2ccccc2)cc1. The largest absolute Gasteiger partial charge is 0.334 e. The van der Waals surface area contributed by atoms with E-state index in [-0.39, 0.29) is 0 Å². The highest BCUT2D eigenvalue weighted by molar-refractivity contribution is 6.03. The second-order valence-corrected chi connectivity index (χ2v) is 6.90. The van der Waals surface area contributed by atoms with Crippen LogP contribution in [0.3, 0.4) is 0 Å². The van der Waals surface area contributed by atoms with Crippen LogP contribution in [0.15, 0.2) is 109 Å². The van der Waals surface area contributed by atoms with Crippen molar-refractivity contribution in [2.75, 3.05) is 0 Å². The fourth-order valence-electron chi connectivity index (χ4n) is 3.89. The van der Waals surface area contributed by atoms with Crippen LogP contribution in [0.1, 0.15) is 5.56 Å². The number of aromatic nitrogens is 2. The topological polar surface area (TPSA) is 17.8 Å². The first-order chi connectivity index (χ1) is 13.9. The van der Waals surface area contributed by atoms with Gasteiger partial charge in [0.05, 0.1) is 16.9 Å². The van der Waals surface area contributed by atoms with E-state index in [1.165, 1.54) is 33.5 Å². The molecule has 0 atom stereocenters. The monoisotopic (exact) mass is 360 g/mol. The number of fused-ring (bicyclic) bond motifs is 1. The number of hydrogen-bond acceptors (Lipinski definition) is 1. The molecular formula is C26H20N2. The van der Waals surface area contributed by atoms with Crippen molar-refractivity contribution in [1.82, 2.24) is 9.55 Å². The lowest BCUT2D eigenvalue weighted by atomic mass is 10.1. The van der Waals surface area contributed by atoms with Crippen molar-refractivity contribution in [3.8, 4) is 22.5 Å². The van der Waals surface area contributed by atoms with Gasteiger partial charge in [0.1, 0.15) is 0 Å². The first kappa shape index (κ1) is 16.5. The summed E-state index contributed by atoms with van der Waals surface area (Å²) in [6.07, 6.45) is 1.89. The maximum Gasteiger partial charge on any atom is 0.0966 e. The molecule has 0 unspecified atom stereocenters. The summed E-state index contributed by atoms with van der Waals surface area (Å²) >= 11 is 0. The molecule has 0 aliphatic carbocycles. The van der Waals surface area contributed by atoms with Crippen molar-refractivity contribution < 1.29 is 0 Å². The van der Waals surface area contributed by atoms with Crippen molar-refractivity contribution in [2.24, 2.45) is 0 Å². The Kier molecular flexibility index (Phi) is 4.23. The molecule has 0 aliphatic heterocycles. The molecule has 0 bridgehead atoms. The minimum absolute atomic E-state index is 0.797. The van der Waals surface area contributed by atoms with E-state index >= 15 is 0 Å². The van der Waals surface area contributed by atoms with Gasteiger partial charge < -0.3 is 4.57 Å². The molecule has 2 heterocycles. The van der Waals surface area contributed by atoms with Crippen LogP contribution in [-0.2, 0) is 6.54 Å². The normalized spacial score (nSPS) is 11.0. The molecule has 2 aromatic heterocycles. The van der Waals surface area contributed by atoms with Gasteiger partial charge in [-0.25, -0.2) is 0 Å². The minimum atomic E-state index is 0.797. The highest BCUT2D eigenvalue weighted by Gasteiger charge is 2.20. The Bertz CT molecular complexity index is 1130. The molecule has 0 N–H and O–H groups in total. The van der Waals surface area contributed by atoms with Crippen LogP contribution in [-0.4, -0.2) is 9.55 Å². The van der Waals surface area contributed by atoms with E-state index in [4.69, 9.17) is 4.98 Å². The van der Waals surface area contributed by atoms with Crippen molar-refractivity contribution >= 4 is 10.9 Å². The molecule has 2 heteroatoms. The lowest BCUT2D eigenvalue weighted by Gasteiger charge is -2.14. The molecule has 2 nitrogen and oxygen atoms in total. The van der Waals surface area contributed by atoms with E-state index in [0.29, 0.717) is 0 Å². The number of rotatable bonds is 4. The Morgan fingerprint density at radius 1 is 0.571 bits per heavy atom. The van der Waals surface area contributed by atoms with Crippen LogP contribution in [0.25, 0.3) is 33.4 Å². The van der Waals surface area contributed by atoms with Crippen molar-refractivity contribution in [3.63, 3.8) is 0 Å². The summed E-state index contributed by atoms with van der Waals surface area (Å²) in [5.74, 6) is 0. The average Bonchev–Trinajstić information content (AvgIpc) is 3.09. The zero-order chi connectivity index (χ0) is 18.8. The summed E-state index contributed by atoms with van der Waals surface area (Å²) in [6.45, 7) is 0.797. The van der Waals surface area contributed by atoms with Gasteiger partial charge in [0.2, 0.25) is 0 Å². The summed E-state index contributed by atoms with van der Waals surface area (Å²) in [5, 5.41) is 1.18. The fourth-order valence-corrected chi connectivity index (χ4v) is 3.89. The number of pyridine rings is 1. The van der Waals surface area contributed by atoms with Gasteiger partial charge >= 0.3 is 0 Å². The lowest BCUT2D eigenvalue weighted by Crippen LogP contribution is -2.04. The number of benzene rings is 3. The molecule has 0 radical (unpaired) electrons. The minimum Gasteiger partial charge on any atom is -0.334 e. The Morgan fingerprint density at radius 3 is 1.79 bits per heavy atom. The highest BCUT2D eigenvalue weighted by atomic mass is 15.0. The summed E-state index contributed by atoms with van der Waals surface area (Å²) in [4.78, 5) is 4.79. The van der Waals surface area contributed by atoms with E-state index in [2.05, 4.69) is 102 Å². The van der Waals surface area contributed by atoms with Gasteiger partial charge in [-0.15, -0.1) is 0 Å². The predicted molar refractivity (Wildman–Crippen MR) is 116 cm³/mol. The Morgan fingerprint density at radius 2 is 1.14 bits per heavy atom. The molecule has 0 aliphatic rings. The van der Waals surface area contributed by atoms with E-state index in [1.54, 1.807) is 0 Å². The molecule has 134 valence electrons. The molecule has 0 spiro atoms. The Labute approximate surface area is 164 Å². The van der Waals surface area contributed by atoms with Gasteiger partial charge in [0, 0.05) is 23.7 Å². The Balaban J connectivity index is 1.85. The maximum atomic E-state index is 4.79. The molecule has 0 saturated heterocycles. The number of hydrogen-bond donors (Lipinski definition) is 0. The van der Waals surface area contributed by atoms with Crippen LogP contribution in [0.2, 0.25) is 0 Å². The third-order valence-electron chi connectivity index (χ3n) is 5.10. The molecule has 0 fully saturated rings.